The van der Waals surface area contributed by atoms with E-state index in [4.69, 9.17) is 16.3 Å². The van der Waals surface area contributed by atoms with Gasteiger partial charge < -0.3 is 15.0 Å². The molecule has 0 aliphatic rings. The molecule has 9 nitrogen and oxygen atoms in total. The molecular weight excluding hydrogens is 414 g/mol. The van der Waals surface area contributed by atoms with Gasteiger partial charge in [0.15, 0.2) is 6.61 Å². The van der Waals surface area contributed by atoms with Crippen LogP contribution in [0.3, 0.4) is 0 Å². The summed E-state index contributed by atoms with van der Waals surface area (Å²) in [6.45, 7) is 10.4. The molecule has 0 heterocycles. The number of hydrogen-bond acceptors (Lipinski definition) is 6. The van der Waals surface area contributed by atoms with E-state index in [2.05, 4.69) is 5.32 Å². The Balaban J connectivity index is 2.87. The van der Waals surface area contributed by atoms with Crippen LogP contribution < -0.4 is 5.32 Å². The summed E-state index contributed by atoms with van der Waals surface area (Å²) in [4.78, 5) is 49.2. The molecule has 1 atom stereocenters. The highest BCUT2D eigenvalue weighted by Crippen LogP contribution is 2.22. The van der Waals surface area contributed by atoms with E-state index in [1.54, 1.807) is 18.7 Å². The molecule has 0 bridgehead atoms. The van der Waals surface area contributed by atoms with Crippen molar-refractivity contribution in [3.8, 4) is 0 Å². The quantitative estimate of drug-likeness (QED) is 0.357. The lowest BCUT2D eigenvalue weighted by molar-refractivity contribution is -0.384. The summed E-state index contributed by atoms with van der Waals surface area (Å²) in [6.07, 6.45) is 0. The Hall–Kier alpha value is -2.68. The molecule has 0 aliphatic carbocycles. The van der Waals surface area contributed by atoms with Crippen LogP contribution in [0.15, 0.2) is 18.2 Å². The fraction of sp³-hybridized carbons (Fsp3) is 0.550. The summed E-state index contributed by atoms with van der Waals surface area (Å²) in [7, 11) is 0. The molecule has 1 unspecified atom stereocenters. The number of amides is 2. The standard InChI is InChI=1S/C20H28ClN3O6/c1-11(2)18(20(27)30-10-17(25)23(12(3)4)13(5)6)22-19(26)15-8-7-14(24(28)29)9-16(15)21/h7-9,11-13,18H,10H2,1-6H3,(H,22,26). The van der Waals surface area contributed by atoms with Gasteiger partial charge in [0.05, 0.1) is 15.5 Å². The van der Waals surface area contributed by atoms with E-state index in [-0.39, 0.29) is 40.2 Å². The van der Waals surface area contributed by atoms with E-state index in [9.17, 15) is 24.5 Å². The van der Waals surface area contributed by atoms with Gasteiger partial charge in [-0.2, -0.15) is 0 Å². The molecule has 166 valence electrons. The second-order valence-electron chi connectivity index (χ2n) is 7.71. The highest BCUT2D eigenvalue weighted by Gasteiger charge is 2.29. The van der Waals surface area contributed by atoms with E-state index in [1.165, 1.54) is 6.07 Å². The number of ether oxygens (including phenoxy) is 1. The summed E-state index contributed by atoms with van der Waals surface area (Å²) >= 11 is 5.98. The average Bonchev–Trinajstić information content (AvgIpc) is 2.62. The van der Waals surface area contributed by atoms with Crippen LogP contribution in [0.5, 0.6) is 0 Å². The molecule has 1 aromatic rings. The second-order valence-corrected chi connectivity index (χ2v) is 8.12. The first kappa shape index (κ1) is 25.4. The lowest BCUT2D eigenvalue weighted by Gasteiger charge is -2.31. The third-order valence-corrected chi connectivity index (χ3v) is 4.67. The largest absolute Gasteiger partial charge is 0.454 e. The molecule has 2 amide bonds. The smallest absolute Gasteiger partial charge is 0.329 e. The average molecular weight is 442 g/mol. The van der Waals surface area contributed by atoms with Crippen molar-refractivity contribution in [1.82, 2.24) is 10.2 Å². The third kappa shape index (κ3) is 6.69. The molecule has 1 N–H and O–H groups in total. The minimum absolute atomic E-state index is 0.0115. The highest BCUT2D eigenvalue weighted by atomic mass is 35.5. The van der Waals surface area contributed by atoms with Crippen molar-refractivity contribution < 1.29 is 24.0 Å². The number of halogens is 1. The van der Waals surface area contributed by atoms with Crippen molar-refractivity contribution in [2.24, 2.45) is 5.92 Å². The number of nitrogens with one attached hydrogen (secondary N) is 1. The summed E-state index contributed by atoms with van der Waals surface area (Å²) in [6, 6.07) is 2.29. The van der Waals surface area contributed by atoms with E-state index >= 15 is 0 Å². The topological polar surface area (TPSA) is 119 Å². The molecule has 0 saturated heterocycles. The molecule has 0 saturated carbocycles. The van der Waals surface area contributed by atoms with Gasteiger partial charge >= 0.3 is 5.97 Å². The maximum Gasteiger partial charge on any atom is 0.329 e. The Morgan fingerprint density at radius 3 is 2.13 bits per heavy atom. The number of non-ortho nitro benzene ring substituents is 1. The van der Waals surface area contributed by atoms with Gasteiger partial charge in [-0.25, -0.2) is 4.79 Å². The minimum Gasteiger partial charge on any atom is -0.454 e. The molecule has 1 rings (SSSR count). The Morgan fingerprint density at radius 2 is 1.70 bits per heavy atom. The summed E-state index contributed by atoms with van der Waals surface area (Å²) in [5, 5.41) is 13.2. The zero-order valence-corrected chi connectivity index (χ0v) is 18.7. The first-order valence-corrected chi connectivity index (χ1v) is 9.97. The number of nitro groups is 1. The normalized spacial score (nSPS) is 12.1. The SMILES string of the molecule is CC(C)C(NC(=O)c1ccc([N+](=O)[O-])cc1Cl)C(=O)OCC(=O)N(C(C)C)C(C)C. The molecule has 10 heteroatoms. The van der Waals surface area contributed by atoms with Crippen LogP contribution in [0, 0.1) is 16.0 Å². The van der Waals surface area contributed by atoms with Crippen LogP contribution in [0.4, 0.5) is 5.69 Å². The number of carbonyl (C=O) groups is 3. The molecule has 30 heavy (non-hydrogen) atoms. The summed E-state index contributed by atoms with van der Waals surface area (Å²) < 4.78 is 5.16. The third-order valence-electron chi connectivity index (χ3n) is 4.35. The van der Waals surface area contributed by atoms with Crippen molar-refractivity contribution in [2.45, 2.75) is 59.7 Å². The van der Waals surface area contributed by atoms with Crippen molar-refractivity contribution >= 4 is 35.1 Å². The lowest BCUT2D eigenvalue weighted by atomic mass is 10.0. The fourth-order valence-corrected chi connectivity index (χ4v) is 3.25. The maximum absolute atomic E-state index is 12.5. The number of benzene rings is 1. The monoisotopic (exact) mass is 441 g/mol. The predicted octanol–water partition coefficient (Wildman–Crippen LogP) is 3.19. The van der Waals surface area contributed by atoms with Gasteiger partial charge in [0, 0.05) is 24.2 Å². The summed E-state index contributed by atoms with van der Waals surface area (Å²) in [5.41, 5.74) is -0.266. The summed E-state index contributed by atoms with van der Waals surface area (Å²) in [5.74, 6) is -2.10. The van der Waals surface area contributed by atoms with Gasteiger partial charge in [-0.15, -0.1) is 0 Å². The van der Waals surface area contributed by atoms with E-state index in [0.717, 1.165) is 12.1 Å². The molecule has 0 aromatic heterocycles. The molecule has 0 radical (unpaired) electrons. The van der Waals surface area contributed by atoms with Crippen molar-refractivity contribution in [3.05, 3.63) is 38.9 Å². The first-order valence-electron chi connectivity index (χ1n) is 9.59. The van der Waals surface area contributed by atoms with Gasteiger partial charge in [0.25, 0.3) is 17.5 Å². The predicted molar refractivity (Wildman–Crippen MR) is 112 cm³/mol. The molecule has 0 fully saturated rings. The van der Waals surface area contributed by atoms with Gasteiger partial charge in [0.2, 0.25) is 0 Å². The zero-order chi connectivity index (χ0) is 23.2. The van der Waals surface area contributed by atoms with E-state index in [1.807, 2.05) is 27.7 Å². The van der Waals surface area contributed by atoms with Crippen LogP contribution in [0.1, 0.15) is 51.9 Å². The van der Waals surface area contributed by atoms with Crippen LogP contribution in [-0.4, -0.2) is 52.3 Å². The zero-order valence-electron chi connectivity index (χ0n) is 18.0. The van der Waals surface area contributed by atoms with Crippen LogP contribution >= 0.6 is 11.6 Å². The molecular formula is C20H28ClN3O6. The molecule has 1 aromatic carbocycles. The van der Waals surface area contributed by atoms with Crippen LogP contribution in [0.2, 0.25) is 5.02 Å². The molecule has 0 aliphatic heterocycles. The van der Waals surface area contributed by atoms with Gasteiger partial charge in [-0.1, -0.05) is 25.4 Å². The Kier molecular flexibility index (Phi) is 9.22. The first-order chi connectivity index (χ1) is 13.9. The lowest BCUT2D eigenvalue weighted by Crippen LogP contribution is -2.48. The van der Waals surface area contributed by atoms with Gasteiger partial charge in [-0.3, -0.25) is 19.7 Å². The number of esters is 1. The fourth-order valence-electron chi connectivity index (χ4n) is 2.99. The van der Waals surface area contributed by atoms with Gasteiger partial charge in [0.1, 0.15) is 6.04 Å². The molecule has 0 spiro atoms. The van der Waals surface area contributed by atoms with Crippen molar-refractivity contribution in [1.29, 1.82) is 0 Å². The number of nitro benzene ring substituents is 1. The number of carbonyl (C=O) groups excluding carboxylic acids is 3. The Morgan fingerprint density at radius 1 is 1.13 bits per heavy atom. The number of rotatable bonds is 9. The minimum atomic E-state index is -1.02. The number of hydrogen-bond donors (Lipinski definition) is 1. The van der Waals surface area contributed by atoms with Crippen LogP contribution in [0.25, 0.3) is 0 Å². The van der Waals surface area contributed by atoms with E-state index < -0.39 is 29.4 Å². The van der Waals surface area contributed by atoms with Crippen molar-refractivity contribution in [3.63, 3.8) is 0 Å². The van der Waals surface area contributed by atoms with Crippen molar-refractivity contribution in [2.75, 3.05) is 6.61 Å². The maximum atomic E-state index is 12.5. The Bertz CT molecular complexity index is 802. The second kappa shape index (κ2) is 10.9. The van der Waals surface area contributed by atoms with Gasteiger partial charge in [-0.05, 0) is 39.7 Å². The highest BCUT2D eigenvalue weighted by molar-refractivity contribution is 6.34. The number of nitrogens with zero attached hydrogens (tertiary/aromatic N) is 2. The van der Waals surface area contributed by atoms with E-state index in [0.29, 0.717) is 0 Å². The Labute approximate surface area is 180 Å². The van der Waals surface area contributed by atoms with Crippen LogP contribution in [-0.2, 0) is 14.3 Å².